The number of carbonyl (C=O) groups is 1. The molecule has 2 aromatic carbocycles. The monoisotopic (exact) mass is 467 g/mol. The molecule has 1 aromatic heterocycles. The number of anilines is 1. The molecule has 0 unspecified atom stereocenters. The highest BCUT2D eigenvalue weighted by molar-refractivity contribution is 5.90. The maximum absolute atomic E-state index is 13.6. The Kier molecular flexibility index (Phi) is 6.66. The van der Waals surface area contributed by atoms with Crippen molar-refractivity contribution >= 4 is 11.7 Å². The Labute approximate surface area is 185 Å². The number of nitrogens with one attached hydrogen (secondary N) is 2. The van der Waals surface area contributed by atoms with E-state index < -0.39 is 41.2 Å². The molecule has 0 fully saturated rings. The van der Waals surface area contributed by atoms with Crippen molar-refractivity contribution in [3.63, 3.8) is 0 Å². The van der Waals surface area contributed by atoms with Crippen LogP contribution in [0, 0.1) is 13.8 Å². The summed E-state index contributed by atoms with van der Waals surface area (Å²) in [5.41, 5.74) is -0.612. The summed E-state index contributed by atoms with van der Waals surface area (Å²) in [5.74, 6) is 0. The molecule has 0 aliphatic rings. The molecule has 33 heavy (non-hydrogen) atoms. The van der Waals surface area contributed by atoms with Gasteiger partial charge in [0.2, 0.25) is 0 Å². The SMILES string of the molecule is Cc1ccc(C)c(NC(=O)N[C@@H](c2ccc(C(F)(F)F)cc2)c2ncccc2C(F)(F)F)c1. The highest BCUT2D eigenvalue weighted by Gasteiger charge is 2.37. The molecule has 10 heteroatoms. The normalized spacial score (nSPS) is 12.8. The zero-order valence-electron chi connectivity index (χ0n) is 17.5. The highest BCUT2D eigenvalue weighted by Crippen LogP contribution is 2.36. The van der Waals surface area contributed by atoms with Gasteiger partial charge in [-0.25, -0.2) is 4.79 Å². The average molecular weight is 467 g/mol. The average Bonchev–Trinajstić information content (AvgIpc) is 2.73. The topological polar surface area (TPSA) is 54.0 Å². The molecule has 0 saturated heterocycles. The summed E-state index contributed by atoms with van der Waals surface area (Å²) in [6.45, 7) is 3.54. The quantitative estimate of drug-likeness (QED) is 0.423. The van der Waals surface area contributed by atoms with Gasteiger partial charge in [0.15, 0.2) is 0 Å². The number of pyridine rings is 1. The number of urea groups is 1. The lowest BCUT2D eigenvalue weighted by molar-refractivity contribution is -0.139. The number of amides is 2. The Bertz CT molecular complexity index is 1140. The molecule has 1 atom stereocenters. The molecule has 0 spiro atoms. The van der Waals surface area contributed by atoms with E-state index in [0.717, 1.165) is 53.7 Å². The van der Waals surface area contributed by atoms with E-state index >= 15 is 0 Å². The Hall–Kier alpha value is -3.56. The minimum Gasteiger partial charge on any atom is -0.325 e. The zero-order chi connectivity index (χ0) is 24.4. The number of rotatable bonds is 4. The number of hydrogen-bond acceptors (Lipinski definition) is 2. The number of benzene rings is 2. The van der Waals surface area contributed by atoms with Crippen molar-refractivity contribution in [1.29, 1.82) is 0 Å². The number of aryl methyl sites for hydroxylation is 2. The van der Waals surface area contributed by atoms with Crippen LogP contribution in [0.25, 0.3) is 0 Å². The van der Waals surface area contributed by atoms with Crippen LogP contribution in [0.2, 0.25) is 0 Å². The maximum Gasteiger partial charge on any atom is 0.418 e. The number of nitrogens with zero attached hydrogens (tertiary/aromatic N) is 1. The van der Waals surface area contributed by atoms with Crippen molar-refractivity contribution in [2.24, 2.45) is 0 Å². The van der Waals surface area contributed by atoms with E-state index in [2.05, 4.69) is 15.6 Å². The molecule has 0 saturated carbocycles. The summed E-state index contributed by atoms with van der Waals surface area (Å²) in [5, 5.41) is 5.00. The van der Waals surface area contributed by atoms with Crippen LogP contribution in [-0.2, 0) is 12.4 Å². The molecule has 0 bridgehead atoms. The number of halogens is 6. The van der Waals surface area contributed by atoms with Gasteiger partial charge in [0.25, 0.3) is 0 Å². The first-order chi connectivity index (χ1) is 15.4. The van der Waals surface area contributed by atoms with Gasteiger partial charge in [0.05, 0.1) is 22.9 Å². The second-order valence-corrected chi connectivity index (χ2v) is 7.40. The predicted octanol–water partition coefficient (Wildman–Crippen LogP) is 6.65. The van der Waals surface area contributed by atoms with E-state index in [0.29, 0.717) is 5.69 Å². The van der Waals surface area contributed by atoms with Gasteiger partial charge in [0, 0.05) is 11.9 Å². The fourth-order valence-electron chi connectivity index (χ4n) is 3.22. The summed E-state index contributed by atoms with van der Waals surface area (Å²) in [6, 6.07) is 8.36. The molecule has 1 heterocycles. The molecular formula is C23H19F6N3O. The first-order valence-corrected chi connectivity index (χ1v) is 9.70. The van der Waals surface area contributed by atoms with Gasteiger partial charge in [-0.1, -0.05) is 24.3 Å². The maximum atomic E-state index is 13.6. The summed E-state index contributed by atoms with van der Waals surface area (Å²) in [6.07, 6.45) is -8.30. The molecule has 0 radical (unpaired) electrons. The number of alkyl halides is 6. The van der Waals surface area contributed by atoms with E-state index in [4.69, 9.17) is 0 Å². The van der Waals surface area contributed by atoms with Crippen molar-refractivity contribution in [3.8, 4) is 0 Å². The van der Waals surface area contributed by atoms with Gasteiger partial charge in [0.1, 0.15) is 0 Å². The van der Waals surface area contributed by atoms with Crippen molar-refractivity contribution in [3.05, 3.63) is 94.3 Å². The van der Waals surface area contributed by atoms with Crippen LogP contribution in [-0.4, -0.2) is 11.0 Å². The molecule has 3 rings (SSSR count). The molecule has 3 aromatic rings. The number of carbonyl (C=O) groups excluding carboxylic acids is 1. The van der Waals surface area contributed by atoms with Gasteiger partial charge in [-0.15, -0.1) is 0 Å². The van der Waals surface area contributed by atoms with Gasteiger partial charge in [-0.05, 0) is 60.9 Å². The van der Waals surface area contributed by atoms with Crippen LogP contribution in [0.1, 0.15) is 39.6 Å². The number of aromatic nitrogens is 1. The summed E-state index contributed by atoms with van der Waals surface area (Å²) >= 11 is 0. The first-order valence-electron chi connectivity index (χ1n) is 9.70. The third-order valence-electron chi connectivity index (χ3n) is 4.91. The van der Waals surface area contributed by atoms with Crippen LogP contribution in [0.3, 0.4) is 0 Å². The lowest BCUT2D eigenvalue weighted by Gasteiger charge is -2.23. The molecule has 2 amide bonds. The summed E-state index contributed by atoms with van der Waals surface area (Å²) < 4.78 is 79.7. The van der Waals surface area contributed by atoms with Gasteiger partial charge >= 0.3 is 18.4 Å². The van der Waals surface area contributed by atoms with Gasteiger partial charge in [-0.2, -0.15) is 26.3 Å². The standard InChI is InChI=1S/C23H19F6N3O/c1-13-5-6-14(2)18(12-13)31-21(33)32-19(15-7-9-16(10-8-15)22(24,25)26)20-17(23(27,28)29)4-3-11-30-20/h3-12,19H,1-2H3,(H2,31,32,33)/t19-/m0/s1. The van der Waals surface area contributed by atoms with Crippen molar-refractivity contribution in [2.75, 3.05) is 5.32 Å². The Morgan fingerprint density at radius 2 is 1.58 bits per heavy atom. The van der Waals surface area contributed by atoms with Crippen LogP contribution in [0.4, 0.5) is 36.8 Å². The van der Waals surface area contributed by atoms with Gasteiger partial charge < -0.3 is 10.6 Å². The second kappa shape index (κ2) is 9.13. The Morgan fingerprint density at radius 1 is 0.909 bits per heavy atom. The van der Waals surface area contributed by atoms with E-state index in [1.807, 2.05) is 6.07 Å². The lowest BCUT2D eigenvalue weighted by atomic mass is 9.98. The third kappa shape index (κ3) is 5.82. The van der Waals surface area contributed by atoms with E-state index in [9.17, 15) is 31.1 Å². The smallest absolute Gasteiger partial charge is 0.325 e. The predicted molar refractivity (Wildman–Crippen MR) is 111 cm³/mol. The van der Waals surface area contributed by atoms with Crippen LogP contribution in [0.5, 0.6) is 0 Å². The first kappa shape index (κ1) is 24.1. The fourth-order valence-corrected chi connectivity index (χ4v) is 3.22. The van der Waals surface area contributed by atoms with E-state index in [1.165, 1.54) is 0 Å². The molecule has 0 aliphatic carbocycles. The Balaban J connectivity index is 2.01. The molecule has 0 aliphatic heterocycles. The third-order valence-corrected chi connectivity index (χ3v) is 4.91. The highest BCUT2D eigenvalue weighted by atomic mass is 19.4. The van der Waals surface area contributed by atoms with Crippen molar-refractivity contribution in [2.45, 2.75) is 32.2 Å². The molecule has 4 nitrogen and oxygen atoms in total. The summed E-state index contributed by atoms with van der Waals surface area (Å²) in [7, 11) is 0. The van der Waals surface area contributed by atoms with Gasteiger partial charge in [-0.3, -0.25) is 4.98 Å². The Morgan fingerprint density at radius 3 is 2.18 bits per heavy atom. The second-order valence-electron chi connectivity index (χ2n) is 7.40. The van der Waals surface area contributed by atoms with E-state index in [-0.39, 0.29) is 5.56 Å². The van der Waals surface area contributed by atoms with Crippen LogP contribution < -0.4 is 10.6 Å². The fraction of sp³-hybridized carbons (Fsp3) is 0.217. The molecular weight excluding hydrogens is 448 g/mol. The van der Waals surface area contributed by atoms with Crippen LogP contribution in [0.15, 0.2) is 60.8 Å². The molecule has 2 N–H and O–H groups in total. The number of hydrogen-bond donors (Lipinski definition) is 2. The lowest BCUT2D eigenvalue weighted by Crippen LogP contribution is -2.35. The van der Waals surface area contributed by atoms with Crippen molar-refractivity contribution in [1.82, 2.24) is 10.3 Å². The van der Waals surface area contributed by atoms with Crippen LogP contribution >= 0.6 is 0 Å². The largest absolute Gasteiger partial charge is 0.418 e. The molecule has 174 valence electrons. The minimum atomic E-state index is -4.79. The summed E-state index contributed by atoms with van der Waals surface area (Å²) in [4.78, 5) is 16.5. The van der Waals surface area contributed by atoms with E-state index in [1.54, 1.807) is 26.0 Å². The minimum absolute atomic E-state index is 0.00307. The zero-order valence-corrected chi connectivity index (χ0v) is 17.5. The van der Waals surface area contributed by atoms with Crippen molar-refractivity contribution < 1.29 is 31.1 Å².